The Labute approximate surface area is 216 Å². The molecule has 1 aliphatic heterocycles. The topological polar surface area (TPSA) is 55.8 Å². The quantitative estimate of drug-likeness (QED) is 0.342. The minimum Gasteiger partial charge on any atom is -0.488 e. The zero-order valence-corrected chi connectivity index (χ0v) is 21.8. The van der Waals surface area contributed by atoms with Crippen LogP contribution in [0.5, 0.6) is 5.75 Å². The number of alkyl halides is 3. The predicted octanol–water partition coefficient (Wildman–Crippen LogP) is 7.43. The minimum atomic E-state index is -4.63. The van der Waals surface area contributed by atoms with Gasteiger partial charge in [-0.1, -0.05) is 50.3 Å². The van der Waals surface area contributed by atoms with Gasteiger partial charge in [0.15, 0.2) is 5.78 Å². The molecule has 0 N–H and O–H groups in total. The van der Waals surface area contributed by atoms with Gasteiger partial charge in [0.2, 0.25) is 0 Å². The molecule has 200 valence electrons. The van der Waals surface area contributed by atoms with E-state index in [0.717, 1.165) is 12.5 Å². The number of ketones is 1. The maximum absolute atomic E-state index is 14.0. The summed E-state index contributed by atoms with van der Waals surface area (Å²) in [6.45, 7) is 11.1. The molecule has 1 heterocycles. The van der Waals surface area contributed by atoms with Crippen LogP contribution in [0.1, 0.15) is 75.3 Å². The lowest BCUT2D eigenvalue weighted by molar-refractivity contribution is -0.139. The van der Waals surface area contributed by atoms with E-state index in [2.05, 4.69) is 6.58 Å². The second-order valence-electron chi connectivity index (χ2n) is 10.2. The number of benzene rings is 2. The van der Waals surface area contributed by atoms with Crippen LogP contribution in [0.3, 0.4) is 0 Å². The zero-order valence-electron chi connectivity index (χ0n) is 21.8. The molecule has 5 nitrogen and oxygen atoms in total. The first-order valence-electron chi connectivity index (χ1n) is 12.4. The Morgan fingerprint density at radius 1 is 1.11 bits per heavy atom. The van der Waals surface area contributed by atoms with Gasteiger partial charge >= 0.3 is 12.3 Å². The average Bonchev–Trinajstić information content (AvgIpc) is 2.81. The van der Waals surface area contributed by atoms with Crippen molar-refractivity contribution in [2.24, 2.45) is 0 Å². The van der Waals surface area contributed by atoms with Gasteiger partial charge < -0.3 is 14.4 Å². The van der Waals surface area contributed by atoms with Crippen molar-refractivity contribution in [2.75, 3.05) is 6.54 Å². The number of carbonyl (C=O) groups is 2. The van der Waals surface area contributed by atoms with E-state index in [0.29, 0.717) is 28.7 Å². The molecule has 0 saturated carbocycles. The normalized spacial score (nSPS) is 15.6. The molecule has 0 aromatic heterocycles. The molecule has 3 rings (SSSR count). The van der Waals surface area contributed by atoms with Crippen molar-refractivity contribution in [1.82, 2.24) is 4.90 Å². The van der Waals surface area contributed by atoms with Gasteiger partial charge in [-0.05, 0) is 68.0 Å². The van der Waals surface area contributed by atoms with E-state index in [4.69, 9.17) is 9.47 Å². The van der Waals surface area contributed by atoms with E-state index in [-0.39, 0.29) is 37.5 Å². The standard InChI is InChI=1S/C29H34F3NO4/c1-6-10-19(2)25(34)17-24-22-16-26(36-18-20-11-8-7-9-12-20)23(29(30,31)32)15-21(22)13-14-33(24)27(35)37-28(3,4)5/h7-9,11-12,15-16,24H,2,6,10,13-14,17-18H2,1,3-5H3/t24-/m0/s1. The molecule has 1 atom stereocenters. The summed E-state index contributed by atoms with van der Waals surface area (Å²) in [7, 11) is 0. The smallest absolute Gasteiger partial charge is 0.419 e. The number of rotatable bonds is 8. The minimum absolute atomic E-state index is 0.0601. The van der Waals surface area contributed by atoms with Crippen LogP contribution in [0.4, 0.5) is 18.0 Å². The highest BCUT2D eigenvalue weighted by Crippen LogP contribution is 2.43. The molecular weight excluding hydrogens is 483 g/mol. The van der Waals surface area contributed by atoms with Crippen LogP contribution < -0.4 is 4.74 Å². The van der Waals surface area contributed by atoms with Crippen molar-refractivity contribution < 1.29 is 32.2 Å². The number of Topliss-reactive ketones (excluding diaryl/α,β-unsaturated/α-hetero) is 1. The van der Waals surface area contributed by atoms with Gasteiger partial charge in [0.05, 0.1) is 11.6 Å². The van der Waals surface area contributed by atoms with Crippen LogP contribution in [-0.4, -0.2) is 28.9 Å². The lowest BCUT2D eigenvalue weighted by Crippen LogP contribution is -2.44. The third-order valence-electron chi connectivity index (χ3n) is 6.09. The molecule has 2 aromatic carbocycles. The fraction of sp³-hybridized carbons (Fsp3) is 0.448. The summed E-state index contributed by atoms with van der Waals surface area (Å²) < 4.78 is 53.2. The summed E-state index contributed by atoms with van der Waals surface area (Å²) in [5, 5.41) is 0. The third kappa shape index (κ3) is 7.37. The Hall–Kier alpha value is -3.29. The zero-order chi connectivity index (χ0) is 27.4. The molecule has 0 radical (unpaired) electrons. The number of nitrogens with zero attached hydrogens (tertiary/aromatic N) is 1. The van der Waals surface area contributed by atoms with Crippen LogP contribution in [-0.2, 0) is 28.7 Å². The second-order valence-corrected chi connectivity index (χ2v) is 10.2. The van der Waals surface area contributed by atoms with Crippen molar-refractivity contribution in [1.29, 1.82) is 0 Å². The molecule has 0 aliphatic carbocycles. The monoisotopic (exact) mass is 517 g/mol. The maximum atomic E-state index is 14.0. The van der Waals surface area contributed by atoms with Crippen molar-refractivity contribution >= 4 is 11.9 Å². The summed E-state index contributed by atoms with van der Waals surface area (Å²) in [4.78, 5) is 27.5. The van der Waals surface area contributed by atoms with Crippen LogP contribution in [0.25, 0.3) is 0 Å². The average molecular weight is 518 g/mol. The fourth-order valence-corrected chi connectivity index (χ4v) is 4.33. The molecule has 8 heteroatoms. The van der Waals surface area contributed by atoms with E-state index < -0.39 is 29.5 Å². The van der Waals surface area contributed by atoms with Crippen LogP contribution in [0, 0.1) is 0 Å². The summed E-state index contributed by atoms with van der Waals surface area (Å²) in [6, 6.07) is 10.5. The number of fused-ring (bicyclic) bond motifs is 1. The number of amides is 1. The third-order valence-corrected chi connectivity index (χ3v) is 6.09. The Morgan fingerprint density at radius 3 is 2.38 bits per heavy atom. The lowest BCUT2D eigenvalue weighted by atomic mass is 9.86. The van der Waals surface area contributed by atoms with Crippen molar-refractivity contribution in [2.45, 2.75) is 77.8 Å². The second kappa shape index (κ2) is 11.4. The largest absolute Gasteiger partial charge is 0.488 e. The first-order valence-corrected chi connectivity index (χ1v) is 12.4. The van der Waals surface area contributed by atoms with Gasteiger partial charge in [-0.15, -0.1) is 0 Å². The van der Waals surface area contributed by atoms with Gasteiger partial charge in [0, 0.05) is 13.0 Å². The Kier molecular flexibility index (Phi) is 8.72. The highest BCUT2D eigenvalue weighted by atomic mass is 19.4. The summed E-state index contributed by atoms with van der Waals surface area (Å²) >= 11 is 0. The van der Waals surface area contributed by atoms with E-state index in [1.807, 2.05) is 13.0 Å². The number of hydrogen-bond acceptors (Lipinski definition) is 4. The first kappa shape index (κ1) is 28.3. The molecule has 0 fully saturated rings. The number of ether oxygens (including phenoxy) is 2. The van der Waals surface area contributed by atoms with Crippen molar-refractivity contribution in [3.63, 3.8) is 0 Å². The Bertz CT molecular complexity index is 1140. The number of carbonyl (C=O) groups excluding carboxylic acids is 2. The molecule has 37 heavy (non-hydrogen) atoms. The van der Waals surface area contributed by atoms with E-state index in [9.17, 15) is 22.8 Å². The van der Waals surface area contributed by atoms with Gasteiger partial charge in [-0.25, -0.2) is 4.79 Å². The lowest BCUT2D eigenvalue weighted by Gasteiger charge is -2.38. The molecule has 0 unspecified atom stereocenters. The Balaban J connectivity index is 2.05. The van der Waals surface area contributed by atoms with Gasteiger partial charge in [0.25, 0.3) is 0 Å². The predicted molar refractivity (Wildman–Crippen MR) is 135 cm³/mol. The summed E-state index contributed by atoms with van der Waals surface area (Å²) in [5.74, 6) is -0.578. The van der Waals surface area contributed by atoms with Crippen LogP contribution in [0.15, 0.2) is 54.6 Å². The van der Waals surface area contributed by atoms with Gasteiger partial charge in [0.1, 0.15) is 18.0 Å². The van der Waals surface area contributed by atoms with E-state index in [1.54, 1.807) is 45.0 Å². The first-order chi connectivity index (χ1) is 17.3. The van der Waals surface area contributed by atoms with Crippen LogP contribution >= 0.6 is 0 Å². The highest BCUT2D eigenvalue weighted by molar-refractivity contribution is 5.95. The molecule has 0 saturated heterocycles. The van der Waals surface area contributed by atoms with Crippen LogP contribution in [0.2, 0.25) is 0 Å². The Morgan fingerprint density at radius 2 is 1.78 bits per heavy atom. The number of halogens is 3. The number of hydrogen-bond donors (Lipinski definition) is 0. The van der Waals surface area contributed by atoms with Gasteiger partial charge in [-0.3, -0.25) is 4.79 Å². The molecule has 1 amide bonds. The van der Waals surface area contributed by atoms with E-state index in [1.165, 1.54) is 11.0 Å². The van der Waals surface area contributed by atoms with Gasteiger partial charge in [-0.2, -0.15) is 13.2 Å². The fourth-order valence-electron chi connectivity index (χ4n) is 4.33. The summed E-state index contributed by atoms with van der Waals surface area (Å²) in [6.07, 6.45) is -3.93. The summed E-state index contributed by atoms with van der Waals surface area (Å²) in [5.41, 5.74) is 0.358. The molecule has 2 aromatic rings. The maximum Gasteiger partial charge on any atom is 0.419 e. The van der Waals surface area contributed by atoms with Crippen molar-refractivity contribution in [3.05, 3.63) is 76.9 Å². The molecular formula is C29H34F3NO4. The van der Waals surface area contributed by atoms with Crippen molar-refractivity contribution in [3.8, 4) is 5.75 Å². The highest BCUT2D eigenvalue weighted by Gasteiger charge is 2.40. The SMILES string of the molecule is C=C(CCC)C(=O)C[C@H]1c2cc(OCc3ccccc3)c(C(F)(F)F)cc2CCN1C(=O)OC(C)(C)C. The molecule has 1 aliphatic rings. The molecule has 0 bridgehead atoms. The number of allylic oxidation sites excluding steroid dienone is 1. The van der Waals surface area contributed by atoms with E-state index >= 15 is 0 Å². The molecule has 0 spiro atoms.